The number of thioether (sulfide) groups is 1. The number of carbonyl (C=O) groups excluding carboxylic acids is 1. The summed E-state index contributed by atoms with van der Waals surface area (Å²) in [5, 5.41) is 9.59. The summed E-state index contributed by atoms with van der Waals surface area (Å²) < 4.78 is 11.5. The normalized spacial score (nSPS) is 16.7. The zero-order valence-electron chi connectivity index (χ0n) is 14.9. The number of likely N-dealkylation sites (tertiary alicyclic amines) is 1. The number of aromatic nitrogens is 3. The molecular weight excluding hydrogens is 378 g/mol. The predicted molar refractivity (Wildman–Crippen MR) is 102 cm³/mol. The van der Waals surface area contributed by atoms with Crippen molar-refractivity contribution in [1.29, 1.82) is 5.26 Å². The maximum atomic E-state index is 12.6. The van der Waals surface area contributed by atoms with Gasteiger partial charge in [0.2, 0.25) is 11.6 Å². The van der Waals surface area contributed by atoms with Gasteiger partial charge >= 0.3 is 0 Å². The van der Waals surface area contributed by atoms with Gasteiger partial charge in [-0.2, -0.15) is 5.26 Å². The van der Waals surface area contributed by atoms with E-state index in [1.807, 2.05) is 30.3 Å². The highest BCUT2D eigenvalue weighted by molar-refractivity contribution is 7.99. The lowest BCUT2D eigenvalue weighted by Crippen LogP contribution is -2.45. The van der Waals surface area contributed by atoms with E-state index in [2.05, 4.69) is 15.0 Å². The van der Waals surface area contributed by atoms with E-state index < -0.39 is 0 Å². The first kappa shape index (κ1) is 18.3. The number of hydrogen-bond acceptors (Lipinski definition) is 8. The number of carbonyl (C=O) groups is 1. The van der Waals surface area contributed by atoms with Crippen molar-refractivity contribution in [2.45, 2.75) is 24.2 Å². The number of nitrogens with zero attached hydrogens (tertiary/aromatic N) is 5. The number of piperidine rings is 1. The number of hydrogen-bond donors (Lipinski definition) is 0. The quantitative estimate of drug-likeness (QED) is 0.607. The molecule has 0 N–H and O–H groups in total. The number of amides is 1. The number of nitriles is 1. The SMILES string of the molecule is N#Cc1nccnc1OC1CCCN(C(=O)CSc2nc3ccccc3o2)C1. The van der Waals surface area contributed by atoms with E-state index in [4.69, 9.17) is 14.4 Å². The third kappa shape index (κ3) is 4.07. The van der Waals surface area contributed by atoms with Crippen molar-refractivity contribution in [1.82, 2.24) is 19.9 Å². The molecule has 1 aromatic carbocycles. The van der Waals surface area contributed by atoms with Crippen molar-refractivity contribution < 1.29 is 13.9 Å². The first-order chi connectivity index (χ1) is 13.7. The van der Waals surface area contributed by atoms with Crippen LogP contribution in [0.25, 0.3) is 11.1 Å². The second kappa shape index (κ2) is 8.27. The van der Waals surface area contributed by atoms with E-state index in [1.165, 1.54) is 24.2 Å². The fourth-order valence-corrected chi connectivity index (χ4v) is 3.78. The van der Waals surface area contributed by atoms with E-state index in [9.17, 15) is 4.79 Å². The van der Waals surface area contributed by atoms with E-state index in [1.54, 1.807) is 4.90 Å². The number of rotatable bonds is 5. The van der Waals surface area contributed by atoms with Gasteiger partial charge in [0.25, 0.3) is 11.1 Å². The maximum Gasteiger partial charge on any atom is 0.257 e. The molecule has 1 aliphatic heterocycles. The summed E-state index contributed by atoms with van der Waals surface area (Å²) in [6.45, 7) is 1.13. The zero-order chi connectivity index (χ0) is 19.3. The highest BCUT2D eigenvalue weighted by Crippen LogP contribution is 2.24. The molecule has 1 fully saturated rings. The fourth-order valence-electron chi connectivity index (χ4n) is 3.03. The average molecular weight is 395 g/mol. The minimum absolute atomic E-state index is 0.000193. The van der Waals surface area contributed by atoms with Crippen LogP contribution < -0.4 is 4.74 Å². The Labute approximate surface area is 165 Å². The average Bonchev–Trinajstić information content (AvgIpc) is 3.15. The van der Waals surface area contributed by atoms with Crippen LogP contribution in [0.5, 0.6) is 5.88 Å². The van der Waals surface area contributed by atoms with Crippen LogP contribution >= 0.6 is 11.8 Å². The van der Waals surface area contributed by atoms with Crippen LogP contribution in [-0.2, 0) is 4.79 Å². The van der Waals surface area contributed by atoms with Crippen LogP contribution in [0.4, 0.5) is 0 Å². The van der Waals surface area contributed by atoms with E-state index in [-0.39, 0.29) is 29.3 Å². The number of ether oxygens (including phenoxy) is 1. The molecule has 1 amide bonds. The van der Waals surface area contributed by atoms with E-state index in [0.717, 1.165) is 18.4 Å². The molecule has 3 heterocycles. The largest absolute Gasteiger partial charge is 0.470 e. The molecule has 8 nitrogen and oxygen atoms in total. The first-order valence-electron chi connectivity index (χ1n) is 8.87. The molecule has 28 heavy (non-hydrogen) atoms. The molecule has 2 aromatic heterocycles. The molecule has 0 aliphatic carbocycles. The van der Waals surface area contributed by atoms with E-state index in [0.29, 0.717) is 23.9 Å². The fraction of sp³-hybridized carbons (Fsp3) is 0.316. The standard InChI is InChI=1S/C19H17N5O3S/c20-10-15-18(22-8-7-21-15)26-13-4-3-9-24(11-13)17(25)12-28-19-23-14-5-1-2-6-16(14)27-19/h1-2,5-8,13H,3-4,9,11-12H2. The summed E-state index contributed by atoms with van der Waals surface area (Å²) in [5.74, 6) is 0.457. The van der Waals surface area contributed by atoms with Gasteiger partial charge in [-0.25, -0.2) is 15.0 Å². The molecule has 4 rings (SSSR count). The summed E-state index contributed by atoms with van der Waals surface area (Å²) in [7, 11) is 0. The van der Waals surface area contributed by atoms with Crippen molar-refractivity contribution in [3.8, 4) is 11.9 Å². The van der Waals surface area contributed by atoms with Crippen molar-refractivity contribution in [3.05, 3.63) is 42.4 Å². The molecule has 9 heteroatoms. The number of fused-ring (bicyclic) bond motifs is 1. The Bertz CT molecular complexity index is 999. The number of para-hydroxylation sites is 2. The van der Waals surface area contributed by atoms with Crippen LogP contribution in [0.1, 0.15) is 18.5 Å². The second-order valence-electron chi connectivity index (χ2n) is 6.28. The highest BCUT2D eigenvalue weighted by Gasteiger charge is 2.26. The van der Waals surface area contributed by atoms with Crippen LogP contribution in [0, 0.1) is 11.3 Å². The van der Waals surface area contributed by atoms with Crippen molar-refractivity contribution in [2.24, 2.45) is 0 Å². The Morgan fingerprint density at radius 3 is 3.07 bits per heavy atom. The minimum Gasteiger partial charge on any atom is -0.470 e. The molecule has 0 bridgehead atoms. The zero-order valence-corrected chi connectivity index (χ0v) is 15.8. The Balaban J connectivity index is 1.34. The van der Waals surface area contributed by atoms with Gasteiger partial charge in [-0.1, -0.05) is 23.9 Å². The smallest absolute Gasteiger partial charge is 0.257 e. The molecule has 1 unspecified atom stereocenters. The van der Waals surface area contributed by atoms with Gasteiger partial charge in [0.05, 0.1) is 12.3 Å². The van der Waals surface area contributed by atoms with Crippen LogP contribution in [0.15, 0.2) is 46.3 Å². The Kier molecular flexibility index (Phi) is 5.39. The minimum atomic E-state index is -0.212. The molecule has 1 atom stereocenters. The van der Waals surface area contributed by atoms with Crippen LogP contribution in [-0.4, -0.2) is 50.7 Å². The molecule has 0 spiro atoms. The van der Waals surface area contributed by atoms with Gasteiger partial charge < -0.3 is 14.1 Å². The van der Waals surface area contributed by atoms with Gasteiger partial charge in [0, 0.05) is 18.9 Å². The third-order valence-corrected chi connectivity index (χ3v) is 5.19. The monoisotopic (exact) mass is 395 g/mol. The summed E-state index contributed by atoms with van der Waals surface area (Å²) in [6.07, 6.45) is 4.34. The Morgan fingerprint density at radius 2 is 2.21 bits per heavy atom. The summed E-state index contributed by atoms with van der Waals surface area (Å²) in [4.78, 5) is 26.8. The maximum absolute atomic E-state index is 12.6. The predicted octanol–water partition coefficient (Wildman–Crippen LogP) is 2.65. The van der Waals surface area contributed by atoms with Crippen molar-refractivity contribution >= 4 is 28.8 Å². The molecule has 0 radical (unpaired) electrons. The lowest BCUT2D eigenvalue weighted by molar-refractivity contribution is -0.131. The topological polar surface area (TPSA) is 105 Å². The molecule has 142 valence electrons. The van der Waals surface area contributed by atoms with Gasteiger partial charge in [-0.15, -0.1) is 0 Å². The van der Waals surface area contributed by atoms with Gasteiger partial charge in [0.15, 0.2) is 5.58 Å². The van der Waals surface area contributed by atoms with E-state index >= 15 is 0 Å². The van der Waals surface area contributed by atoms with Crippen molar-refractivity contribution in [3.63, 3.8) is 0 Å². The molecular formula is C19H17N5O3S. The Hall–Kier alpha value is -3.12. The van der Waals surface area contributed by atoms with Crippen molar-refractivity contribution in [2.75, 3.05) is 18.8 Å². The number of benzene rings is 1. The highest BCUT2D eigenvalue weighted by atomic mass is 32.2. The lowest BCUT2D eigenvalue weighted by atomic mass is 10.1. The molecule has 0 saturated carbocycles. The van der Waals surface area contributed by atoms with Crippen LogP contribution in [0.2, 0.25) is 0 Å². The summed E-state index contributed by atoms with van der Waals surface area (Å²) in [5.41, 5.74) is 1.64. The first-order valence-corrected chi connectivity index (χ1v) is 9.85. The summed E-state index contributed by atoms with van der Waals surface area (Å²) in [6, 6.07) is 9.47. The lowest BCUT2D eigenvalue weighted by Gasteiger charge is -2.32. The van der Waals surface area contributed by atoms with Crippen LogP contribution in [0.3, 0.4) is 0 Å². The summed E-state index contributed by atoms with van der Waals surface area (Å²) >= 11 is 1.28. The van der Waals surface area contributed by atoms with Gasteiger partial charge in [-0.3, -0.25) is 4.79 Å². The Morgan fingerprint density at radius 1 is 1.36 bits per heavy atom. The molecule has 1 saturated heterocycles. The molecule has 3 aromatic rings. The third-order valence-electron chi connectivity index (χ3n) is 4.37. The molecule has 1 aliphatic rings. The van der Waals surface area contributed by atoms with Gasteiger partial charge in [0.1, 0.15) is 17.7 Å². The number of oxazole rings is 1. The van der Waals surface area contributed by atoms with Gasteiger partial charge in [-0.05, 0) is 25.0 Å². The second-order valence-corrected chi connectivity index (χ2v) is 7.21.